The van der Waals surface area contributed by atoms with E-state index in [1.165, 1.54) is 28.6 Å². The Bertz CT molecular complexity index is 1400. The highest BCUT2D eigenvalue weighted by Gasteiger charge is 2.34. The molecule has 1 N–H and O–H groups in total. The Labute approximate surface area is 199 Å². The maximum atomic E-state index is 12.8. The molecule has 1 amide bonds. The number of nitrogens with one attached hydrogen (secondary N) is 1. The minimum atomic E-state index is -3.74. The number of carbonyl (C=O) groups excluding carboxylic acids is 1. The summed E-state index contributed by atoms with van der Waals surface area (Å²) in [6.45, 7) is 0.324. The number of anilines is 1. The van der Waals surface area contributed by atoms with Gasteiger partial charge in [-0.3, -0.25) is 10.1 Å². The van der Waals surface area contributed by atoms with Crippen molar-refractivity contribution in [3.63, 3.8) is 0 Å². The van der Waals surface area contributed by atoms with Gasteiger partial charge in [0.1, 0.15) is 4.21 Å². The van der Waals surface area contributed by atoms with Crippen LogP contribution in [0.4, 0.5) is 6.01 Å². The number of amides is 1. The largest absolute Gasteiger partial charge is 0.403 e. The number of rotatable bonds is 6. The summed E-state index contributed by atoms with van der Waals surface area (Å²) in [4.78, 5) is 12.9. The Morgan fingerprint density at radius 3 is 2.70 bits per heavy atom. The van der Waals surface area contributed by atoms with Gasteiger partial charge in [-0.1, -0.05) is 22.8 Å². The van der Waals surface area contributed by atoms with Crippen molar-refractivity contribution in [3.05, 3.63) is 40.7 Å². The van der Waals surface area contributed by atoms with Crippen molar-refractivity contribution in [2.75, 3.05) is 24.7 Å². The van der Waals surface area contributed by atoms with Crippen molar-refractivity contribution < 1.29 is 26.0 Å². The molecule has 1 aliphatic rings. The fraction of sp³-hybridized carbons (Fsp3) is 0.316. The topological polar surface area (TPSA) is 140 Å². The number of nitrogens with zero attached hydrogens (tertiary/aromatic N) is 3. The maximum absolute atomic E-state index is 12.8. The summed E-state index contributed by atoms with van der Waals surface area (Å²) in [6.07, 6.45) is 2.11. The van der Waals surface area contributed by atoms with Crippen LogP contribution in [0.2, 0.25) is 4.34 Å². The van der Waals surface area contributed by atoms with E-state index in [0.29, 0.717) is 29.3 Å². The second-order valence-electron chi connectivity index (χ2n) is 7.46. The van der Waals surface area contributed by atoms with E-state index in [2.05, 4.69) is 15.5 Å². The minimum Gasteiger partial charge on any atom is -0.403 e. The third-order valence-electron chi connectivity index (χ3n) is 5.06. The van der Waals surface area contributed by atoms with Crippen LogP contribution in [0, 0.1) is 5.92 Å². The molecule has 2 aromatic heterocycles. The molecule has 14 heteroatoms. The molecule has 1 fully saturated rings. The number of benzene rings is 1. The molecule has 0 spiro atoms. The van der Waals surface area contributed by atoms with Crippen LogP contribution in [-0.2, 0) is 24.7 Å². The monoisotopic (exact) mass is 530 g/mol. The first-order chi connectivity index (χ1) is 15.5. The van der Waals surface area contributed by atoms with Crippen molar-refractivity contribution in [2.24, 2.45) is 5.92 Å². The van der Waals surface area contributed by atoms with Gasteiger partial charge in [-0.15, -0.1) is 16.4 Å². The van der Waals surface area contributed by atoms with E-state index in [9.17, 15) is 21.6 Å². The van der Waals surface area contributed by atoms with Gasteiger partial charge in [-0.05, 0) is 43.2 Å². The van der Waals surface area contributed by atoms with Crippen LogP contribution in [0.3, 0.4) is 0 Å². The molecule has 176 valence electrons. The highest BCUT2D eigenvalue weighted by atomic mass is 35.5. The van der Waals surface area contributed by atoms with E-state index < -0.39 is 31.7 Å². The lowest BCUT2D eigenvalue weighted by Crippen LogP contribution is -2.43. The van der Waals surface area contributed by atoms with Gasteiger partial charge in [0, 0.05) is 24.9 Å². The Balaban J connectivity index is 1.45. The molecule has 4 rings (SSSR count). The lowest BCUT2D eigenvalue weighted by molar-refractivity contribution is -0.121. The van der Waals surface area contributed by atoms with Gasteiger partial charge in [0.25, 0.3) is 10.0 Å². The first kappa shape index (κ1) is 23.8. The van der Waals surface area contributed by atoms with Gasteiger partial charge in [-0.2, -0.15) is 4.31 Å². The predicted octanol–water partition coefficient (Wildman–Crippen LogP) is 2.89. The van der Waals surface area contributed by atoms with Crippen LogP contribution in [0.5, 0.6) is 0 Å². The van der Waals surface area contributed by atoms with Crippen molar-refractivity contribution in [3.8, 4) is 11.5 Å². The molecular formula is C19H19ClN4O6S3. The van der Waals surface area contributed by atoms with Crippen molar-refractivity contribution in [1.29, 1.82) is 0 Å². The van der Waals surface area contributed by atoms with Gasteiger partial charge in [0.05, 0.1) is 15.1 Å². The first-order valence-corrected chi connectivity index (χ1v) is 14.3. The van der Waals surface area contributed by atoms with E-state index in [4.69, 9.17) is 16.0 Å². The fourth-order valence-corrected chi connectivity index (χ4v) is 7.22. The van der Waals surface area contributed by atoms with E-state index in [0.717, 1.165) is 17.6 Å². The Kier molecular flexibility index (Phi) is 6.60. The molecule has 1 atom stereocenters. The van der Waals surface area contributed by atoms with Crippen LogP contribution >= 0.6 is 22.9 Å². The van der Waals surface area contributed by atoms with Gasteiger partial charge in [0.15, 0.2) is 9.84 Å². The number of hydrogen-bond acceptors (Lipinski definition) is 9. The number of sulfonamides is 1. The number of piperidine rings is 1. The summed E-state index contributed by atoms with van der Waals surface area (Å²) in [5.41, 5.74) is 0.385. The molecule has 1 aliphatic heterocycles. The number of halogens is 1. The van der Waals surface area contributed by atoms with E-state index in [1.54, 1.807) is 12.1 Å². The normalized spacial score (nSPS) is 17.7. The highest BCUT2D eigenvalue weighted by Crippen LogP contribution is 2.31. The van der Waals surface area contributed by atoms with Gasteiger partial charge in [0.2, 0.25) is 11.8 Å². The highest BCUT2D eigenvalue weighted by molar-refractivity contribution is 7.91. The quantitative estimate of drug-likeness (QED) is 0.513. The van der Waals surface area contributed by atoms with E-state index >= 15 is 0 Å². The Morgan fingerprint density at radius 2 is 2.00 bits per heavy atom. The Hall–Kier alpha value is -2.32. The zero-order valence-corrected chi connectivity index (χ0v) is 20.5. The number of aromatic nitrogens is 2. The molecule has 33 heavy (non-hydrogen) atoms. The number of thiophene rings is 1. The molecular weight excluding hydrogens is 512 g/mol. The summed E-state index contributed by atoms with van der Waals surface area (Å²) >= 11 is 6.84. The van der Waals surface area contributed by atoms with Gasteiger partial charge in [-0.25, -0.2) is 16.8 Å². The molecule has 0 radical (unpaired) electrons. The van der Waals surface area contributed by atoms with Crippen LogP contribution in [0.25, 0.3) is 11.5 Å². The average molecular weight is 531 g/mol. The summed E-state index contributed by atoms with van der Waals surface area (Å²) in [7, 11) is -7.16. The number of hydrogen-bond donors (Lipinski definition) is 1. The number of carbonyl (C=O) groups is 1. The molecule has 3 heterocycles. The van der Waals surface area contributed by atoms with Crippen LogP contribution in [0.15, 0.2) is 49.9 Å². The molecule has 1 unspecified atom stereocenters. The molecule has 3 aromatic rings. The van der Waals surface area contributed by atoms with E-state index in [-0.39, 0.29) is 27.6 Å². The van der Waals surface area contributed by atoms with Crippen molar-refractivity contribution >= 4 is 54.7 Å². The molecule has 10 nitrogen and oxygen atoms in total. The molecule has 1 aromatic carbocycles. The molecule has 0 bridgehead atoms. The summed E-state index contributed by atoms with van der Waals surface area (Å²) < 4.78 is 56.5. The third-order valence-corrected chi connectivity index (χ3v) is 9.74. The average Bonchev–Trinajstić information content (AvgIpc) is 3.43. The second kappa shape index (κ2) is 9.14. The minimum absolute atomic E-state index is 0.0150. The predicted molar refractivity (Wildman–Crippen MR) is 122 cm³/mol. The van der Waals surface area contributed by atoms with Crippen molar-refractivity contribution in [1.82, 2.24) is 14.5 Å². The van der Waals surface area contributed by atoms with E-state index in [1.807, 2.05) is 0 Å². The summed E-state index contributed by atoms with van der Waals surface area (Å²) in [6, 6.07) is 8.81. The van der Waals surface area contributed by atoms with Crippen molar-refractivity contribution in [2.45, 2.75) is 21.9 Å². The Morgan fingerprint density at radius 1 is 1.21 bits per heavy atom. The van der Waals surface area contributed by atoms with Crippen LogP contribution in [-0.4, -0.2) is 56.6 Å². The third kappa shape index (κ3) is 5.27. The summed E-state index contributed by atoms with van der Waals surface area (Å²) in [5.74, 6) is -1.01. The maximum Gasteiger partial charge on any atom is 0.322 e. The lowest BCUT2D eigenvalue weighted by Gasteiger charge is -2.30. The SMILES string of the molecule is CS(=O)(=O)c1cccc(-c2nnc(NC(=O)C3CCCN(S(=O)(=O)c4ccc(Cl)s4)C3)o2)c1. The standard InChI is InChI=1S/C19H19ClN4O6S3/c1-32(26,27)14-6-2-4-12(10-14)18-22-23-19(30-18)21-17(25)13-5-3-9-24(11-13)33(28,29)16-8-7-15(20)31-16/h2,4,6-8,10,13H,3,5,9,11H2,1H3,(H,21,23,25). The molecule has 0 aliphatic carbocycles. The van der Waals surface area contributed by atoms with Crippen LogP contribution < -0.4 is 5.32 Å². The zero-order valence-electron chi connectivity index (χ0n) is 17.3. The zero-order chi connectivity index (χ0) is 23.8. The molecule has 1 saturated heterocycles. The lowest BCUT2D eigenvalue weighted by atomic mass is 9.99. The summed E-state index contributed by atoms with van der Waals surface area (Å²) in [5, 5.41) is 10.2. The van der Waals surface area contributed by atoms with Crippen LogP contribution in [0.1, 0.15) is 12.8 Å². The fourth-order valence-electron chi connectivity index (χ4n) is 3.40. The second-order valence-corrected chi connectivity index (χ2v) is 13.4. The van der Waals surface area contributed by atoms with Gasteiger partial charge >= 0.3 is 6.01 Å². The smallest absolute Gasteiger partial charge is 0.322 e. The number of sulfone groups is 1. The molecule has 0 saturated carbocycles. The van der Waals surface area contributed by atoms with Gasteiger partial charge < -0.3 is 4.42 Å². The first-order valence-electron chi connectivity index (χ1n) is 9.74.